The van der Waals surface area contributed by atoms with Crippen molar-refractivity contribution in [3.8, 4) is 0 Å². The molecule has 0 aromatic heterocycles. The first-order valence-corrected chi connectivity index (χ1v) is 7.59. The molecular weight excluding hydrogens is 202 g/mol. The highest BCUT2D eigenvalue weighted by molar-refractivity contribution is 7.99. The Bertz CT molecular complexity index is 161. The predicted molar refractivity (Wildman–Crippen MR) is 71.6 cm³/mol. The average Bonchev–Trinajstić information content (AvgIpc) is 2.23. The minimum atomic E-state index is 0.826. The molecule has 0 aliphatic heterocycles. The Kier molecular flexibility index (Phi) is 6.74. The number of hydrogen-bond donors (Lipinski definition) is 1. The molecule has 1 fully saturated rings. The van der Waals surface area contributed by atoms with Gasteiger partial charge in [0.05, 0.1) is 0 Å². The zero-order valence-corrected chi connectivity index (χ0v) is 11.4. The van der Waals surface area contributed by atoms with Gasteiger partial charge in [0, 0.05) is 5.25 Å². The van der Waals surface area contributed by atoms with Crippen molar-refractivity contribution >= 4 is 11.8 Å². The van der Waals surface area contributed by atoms with E-state index in [0.29, 0.717) is 0 Å². The van der Waals surface area contributed by atoms with Crippen LogP contribution in [0.4, 0.5) is 0 Å². The van der Waals surface area contributed by atoms with Gasteiger partial charge in [-0.2, -0.15) is 11.8 Å². The van der Waals surface area contributed by atoms with E-state index >= 15 is 0 Å². The number of nitrogens with one attached hydrogen (secondary N) is 1. The van der Waals surface area contributed by atoms with Crippen molar-refractivity contribution in [2.24, 2.45) is 11.8 Å². The highest BCUT2D eigenvalue weighted by atomic mass is 32.2. The van der Waals surface area contributed by atoms with Gasteiger partial charge in [-0.05, 0) is 43.5 Å². The molecule has 1 aliphatic carbocycles. The number of rotatable bonds is 6. The van der Waals surface area contributed by atoms with E-state index in [9.17, 15) is 0 Å². The van der Waals surface area contributed by atoms with Crippen molar-refractivity contribution < 1.29 is 0 Å². The van der Waals surface area contributed by atoms with Crippen LogP contribution in [0, 0.1) is 11.8 Å². The van der Waals surface area contributed by atoms with Gasteiger partial charge in [0.2, 0.25) is 0 Å². The molecule has 0 amide bonds. The first kappa shape index (κ1) is 13.4. The summed E-state index contributed by atoms with van der Waals surface area (Å²) >= 11 is 2.22. The van der Waals surface area contributed by atoms with Crippen LogP contribution in [0.5, 0.6) is 0 Å². The average molecular weight is 229 g/mol. The Morgan fingerprint density at radius 3 is 2.87 bits per heavy atom. The number of hydrogen-bond acceptors (Lipinski definition) is 2. The van der Waals surface area contributed by atoms with E-state index in [0.717, 1.165) is 23.6 Å². The van der Waals surface area contributed by atoms with Gasteiger partial charge in [-0.15, -0.1) is 0 Å². The monoisotopic (exact) mass is 229 g/mol. The van der Waals surface area contributed by atoms with Crippen LogP contribution in [-0.2, 0) is 0 Å². The standard InChI is InChI=1S/C13H27NS/c1-4-14-9-12(3)10-15-13-7-5-6-11(2)8-13/h11-14H,4-10H2,1-3H3. The Hall–Kier alpha value is 0.310. The Labute approximate surface area is 99.8 Å². The van der Waals surface area contributed by atoms with E-state index in [2.05, 4.69) is 37.8 Å². The lowest BCUT2D eigenvalue weighted by Crippen LogP contribution is -2.23. The fourth-order valence-electron chi connectivity index (χ4n) is 2.28. The van der Waals surface area contributed by atoms with E-state index in [1.54, 1.807) is 0 Å². The summed E-state index contributed by atoms with van der Waals surface area (Å²) in [6.07, 6.45) is 5.84. The molecule has 0 heterocycles. The molecule has 15 heavy (non-hydrogen) atoms. The van der Waals surface area contributed by atoms with Gasteiger partial charge in [-0.3, -0.25) is 0 Å². The van der Waals surface area contributed by atoms with Crippen LogP contribution in [0.15, 0.2) is 0 Å². The molecule has 1 saturated carbocycles. The summed E-state index contributed by atoms with van der Waals surface area (Å²) in [5.74, 6) is 3.14. The van der Waals surface area contributed by atoms with Crippen molar-refractivity contribution in [1.82, 2.24) is 5.32 Å². The second-order valence-corrected chi connectivity index (χ2v) is 6.47. The summed E-state index contributed by atoms with van der Waals surface area (Å²) in [4.78, 5) is 0. The smallest absolute Gasteiger partial charge is 0.00497 e. The molecule has 1 N–H and O–H groups in total. The van der Waals surface area contributed by atoms with Crippen molar-refractivity contribution in [1.29, 1.82) is 0 Å². The second kappa shape index (κ2) is 7.56. The predicted octanol–water partition coefficient (Wildman–Crippen LogP) is 3.54. The minimum Gasteiger partial charge on any atom is -0.317 e. The molecule has 0 bridgehead atoms. The van der Waals surface area contributed by atoms with Gasteiger partial charge in [0.25, 0.3) is 0 Å². The Morgan fingerprint density at radius 2 is 2.20 bits per heavy atom. The van der Waals surface area contributed by atoms with E-state index in [4.69, 9.17) is 0 Å². The summed E-state index contributed by atoms with van der Waals surface area (Å²) in [6, 6.07) is 0. The van der Waals surface area contributed by atoms with Crippen molar-refractivity contribution in [3.05, 3.63) is 0 Å². The third-order valence-corrected chi connectivity index (χ3v) is 4.91. The number of thioether (sulfide) groups is 1. The quantitative estimate of drug-likeness (QED) is 0.747. The molecule has 1 rings (SSSR count). The lowest BCUT2D eigenvalue weighted by atomic mass is 9.91. The molecule has 0 aromatic carbocycles. The lowest BCUT2D eigenvalue weighted by molar-refractivity contribution is 0.393. The van der Waals surface area contributed by atoms with Crippen molar-refractivity contribution in [2.45, 2.75) is 51.7 Å². The van der Waals surface area contributed by atoms with Crippen LogP contribution in [0.3, 0.4) is 0 Å². The molecule has 1 aliphatic rings. The van der Waals surface area contributed by atoms with Crippen molar-refractivity contribution in [3.63, 3.8) is 0 Å². The topological polar surface area (TPSA) is 12.0 Å². The highest BCUT2D eigenvalue weighted by Crippen LogP contribution is 2.32. The first-order chi connectivity index (χ1) is 7.22. The van der Waals surface area contributed by atoms with Gasteiger partial charge >= 0.3 is 0 Å². The van der Waals surface area contributed by atoms with Gasteiger partial charge in [-0.25, -0.2) is 0 Å². The largest absolute Gasteiger partial charge is 0.317 e. The lowest BCUT2D eigenvalue weighted by Gasteiger charge is -2.27. The maximum Gasteiger partial charge on any atom is 0.00497 e. The minimum absolute atomic E-state index is 0.826. The molecule has 90 valence electrons. The van der Waals surface area contributed by atoms with Crippen LogP contribution in [0.25, 0.3) is 0 Å². The van der Waals surface area contributed by atoms with E-state index in [1.807, 2.05) is 0 Å². The summed E-state index contributed by atoms with van der Waals surface area (Å²) < 4.78 is 0. The molecule has 0 spiro atoms. The third-order valence-electron chi connectivity index (χ3n) is 3.25. The fourth-order valence-corrected chi connectivity index (χ4v) is 3.80. The fraction of sp³-hybridized carbons (Fsp3) is 1.00. The van der Waals surface area contributed by atoms with Gasteiger partial charge in [0.15, 0.2) is 0 Å². The molecular formula is C13H27NS. The molecule has 2 heteroatoms. The SMILES string of the molecule is CCNCC(C)CSC1CCCC(C)C1. The zero-order valence-electron chi connectivity index (χ0n) is 10.6. The van der Waals surface area contributed by atoms with Crippen LogP contribution < -0.4 is 5.32 Å². The van der Waals surface area contributed by atoms with Crippen LogP contribution >= 0.6 is 11.8 Å². The van der Waals surface area contributed by atoms with Gasteiger partial charge < -0.3 is 5.32 Å². The third kappa shape index (κ3) is 5.82. The summed E-state index contributed by atoms with van der Waals surface area (Å²) in [5.41, 5.74) is 0. The zero-order chi connectivity index (χ0) is 11.1. The maximum absolute atomic E-state index is 3.43. The molecule has 0 aromatic rings. The second-order valence-electron chi connectivity index (χ2n) is 5.14. The molecule has 1 nitrogen and oxygen atoms in total. The van der Waals surface area contributed by atoms with E-state index in [1.165, 1.54) is 38.0 Å². The normalized spacial score (nSPS) is 29.0. The molecule has 0 saturated heterocycles. The van der Waals surface area contributed by atoms with Gasteiger partial charge in [-0.1, -0.05) is 33.6 Å². The Morgan fingerprint density at radius 1 is 1.40 bits per heavy atom. The summed E-state index contributed by atoms with van der Waals surface area (Å²) in [5, 5.41) is 4.39. The van der Waals surface area contributed by atoms with Crippen molar-refractivity contribution in [2.75, 3.05) is 18.8 Å². The van der Waals surface area contributed by atoms with Crippen LogP contribution in [0.2, 0.25) is 0 Å². The summed E-state index contributed by atoms with van der Waals surface area (Å²) in [6.45, 7) is 9.25. The first-order valence-electron chi connectivity index (χ1n) is 6.54. The van der Waals surface area contributed by atoms with Crippen LogP contribution in [0.1, 0.15) is 46.5 Å². The van der Waals surface area contributed by atoms with Crippen LogP contribution in [-0.4, -0.2) is 24.1 Å². The van der Waals surface area contributed by atoms with E-state index in [-0.39, 0.29) is 0 Å². The molecule has 3 unspecified atom stereocenters. The molecule has 0 radical (unpaired) electrons. The highest BCUT2D eigenvalue weighted by Gasteiger charge is 2.19. The maximum atomic E-state index is 3.43. The molecule has 3 atom stereocenters. The Balaban J connectivity index is 2.07. The summed E-state index contributed by atoms with van der Waals surface area (Å²) in [7, 11) is 0. The van der Waals surface area contributed by atoms with Gasteiger partial charge in [0.1, 0.15) is 0 Å². The van der Waals surface area contributed by atoms with E-state index < -0.39 is 0 Å².